The van der Waals surface area contributed by atoms with Gasteiger partial charge in [-0.05, 0) is 63.9 Å². The first-order chi connectivity index (χ1) is 14.2. The number of aromatic amines is 1. The van der Waals surface area contributed by atoms with E-state index in [1.165, 1.54) is 19.3 Å². The Balaban J connectivity index is 1.73. The van der Waals surface area contributed by atoms with Crippen LogP contribution in [-0.2, 0) is 4.74 Å². The SMILES string of the molecule is CC(C)(C)OC(=O)c1ccc(NC(=N)c2c(NC3CCCCC3)cc[nH]c2=O)cc1. The zero-order valence-electron chi connectivity index (χ0n) is 17.8. The number of carbonyl (C=O) groups excluding carboxylic acids is 1. The second-order valence-corrected chi connectivity index (χ2v) is 8.65. The highest BCUT2D eigenvalue weighted by molar-refractivity contribution is 6.09. The molecule has 1 heterocycles. The Labute approximate surface area is 176 Å². The van der Waals surface area contributed by atoms with Gasteiger partial charge in [0.15, 0.2) is 0 Å². The van der Waals surface area contributed by atoms with Crippen molar-refractivity contribution in [2.45, 2.75) is 64.5 Å². The van der Waals surface area contributed by atoms with Crippen LogP contribution < -0.4 is 16.2 Å². The van der Waals surface area contributed by atoms with Gasteiger partial charge in [-0.2, -0.15) is 0 Å². The van der Waals surface area contributed by atoms with E-state index in [4.69, 9.17) is 10.1 Å². The summed E-state index contributed by atoms with van der Waals surface area (Å²) in [6, 6.07) is 8.78. The van der Waals surface area contributed by atoms with Crippen molar-refractivity contribution in [1.29, 1.82) is 5.41 Å². The van der Waals surface area contributed by atoms with Crippen molar-refractivity contribution in [1.82, 2.24) is 4.98 Å². The van der Waals surface area contributed by atoms with E-state index in [0.29, 0.717) is 23.0 Å². The molecule has 0 unspecified atom stereocenters. The monoisotopic (exact) mass is 410 g/mol. The lowest BCUT2D eigenvalue weighted by atomic mass is 9.95. The average molecular weight is 411 g/mol. The normalized spacial score (nSPS) is 14.8. The van der Waals surface area contributed by atoms with E-state index in [-0.39, 0.29) is 17.0 Å². The molecule has 2 aromatic rings. The number of anilines is 2. The second kappa shape index (κ2) is 9.15. The van der Waals surface area contributed by atoms with Crippen LogP contribution in [0.2, 0.25) is 0 Å². The molecule has 0 atom stereocenters. The third kappa shape index (κ3) is 5.72. The van der Waals surface area contributed by atoms with Gasteiger partial charge in [0.05, 0.1) is 11.3 Å². The van der Waals surface area contributed by atoms with E-state index < -0.39 is 11.6 Å². The van der Waals surface area contributed by atoms with Crippen LogP contribution in [0, 0.1) is 5.41 Å². The number of hydrogen-bond donors (Lipinski definition) is 4. The molecule has 1 aliphatic rings. The molecule has 1 aliphatic carbocycles. The summed E-state index contributed by atoms with van der Waals surface area (Å²) in [6.45, 7) is 5.45. The highest BCUT2D eigenvalue weighted by Crippen LogP contribution is 2.23. The molecule has 1 aromatic carbocycles. The Morgan fingerprint density at radius 1 is 1.10 bits per heavy atom. The summed E-state index contributed by atoms with van der Waals surface area (Å²) in [6.07, 6.45) is 7.33. The quantitative estimate of drug-likeness (QED) is 0.329. The first-order valence-electron chi connectivity index (χ1n) is 10.4. The number of aromatic nitrogens is 1. The molecule has 0 radical (unpaired) electrons. The summed E-state index contributed by atoms with van der Waals surface area (Å²) >= 11 is 0. The Morgan fingerprint density at radius 3 is 2.40 bits per heavy atom. The van der Waals surface area contributed by atoms with Crippen molar-refractivity contribution < 1.29 is 9.53 Å². The third-order valence-corrected chi connectivity index (χ3v) is 4.96. The molecule has 1 fully saturated rings. The molecule has 0 amide bonds. The van der Waals surface area contributed by atoms with Crippen LogP contribution in [0.4, 0.5) is 11.4 Å². The van der Waals surface area contributed by atoms with Crippen LogP contribution in [-0.4, -0.2) is 28.4 Å². The summed E-state index contributed by atoms with van der Waals surface area (Å²) in [5.41, 5.74) is 1.09. The molecule has 7 nitrogen and oxygen atoms in total. The highest BCUT2D eigenvalue weighted by Gasteiger charge is 2.19. The van der Waals surface area contributed by atoms with Gasteiger partial charge in [-0.25, -0.2) is 4.79 Å². The van der Waals surface area contributed by atoms with Gasteiger partial charge in [0.2, 0.25) is 0 Å². The summed E-state index contributed by atoms with van der Waals surface area (Å²) in [5.74, 6) is -0.400. The maximum absolute atomic E-state index is 12.5. The Morgan fingerprint density at radius 2 is 1.77 bits per heavy atom. The number of nitrogens with one attached hydrogen (secondary N) is 4. The maximum Gasteiger partial charge on any atom is 0.338 e. The first-order valence-corrected chi connectivity index (χ1v) is 10.4. The summed E-state index contributed by atoms with van der Waals surface area (Å²) < 4.78 is 5.36. The molecule has 0 bridgehead atoms. The first kappa shape index (κ1) is 21.6. The van der Waals surface area contributed by atoms with Gasteiger partial charge in [0.1, 0.15) is 17.0 Å². The molecular weight excluding hydrogens is 380 g/mol. The van der Waals surface area contributed by atoms with E-state index in [2.05, 4.69) is 15.6 Å². The number of hydrogen-bond acceptors (Lipinski definition) is 5. The van der Waals surface area contributed by atoms with Crippen LogP contribution in [0.1, 0.15) is 68.8 Å². The molecule has 3 rings (SSSR count). The number of carbonyl (C=O) groups is 1. The Kier molecular flexibility index (Phi) is 6.59. The van der Waals surface area contributed by atoms with E-state index >= 15 is 0 Å². The predicted molar refractivity (Wildman–Crippen MR) is 120 cm³/mol. The topological polar surface area (TPSA) is 107 Å². The van der Waals surface area contributed by atoms with Gasteiger partial charge in [0, 0.05) is 17.9 Å². The minimum Gasteiger partial charge on any atom is -0.456 e. The lowest BCUT2D eigenvalue weighted by molar-refractivity contribution is 0.00696. The molecule has 0 spiro atoms. The van der Waals surface area contributed by atoms with Crippen molar-refractivity contribution >= 4 is 23.2 Å². The predicted octanol–water partition coefficient (Wildman–Crippen LogP) is 4.51. The van der Waals surface area contributed by atoms with Gasteiger partial charge < -0.3 is 20.4 Å². The van der Waals surface area contributed by atoms with Crippen LogP contribution >= 0.6 is 0 Å². The molecule has 30 heavy (non-hydrogen) atoms. The number of amidine groups is 1. The Bertz CT molecular complexity index is 952. The zero-order valence-corrected chi connectivity index (χ0v) is 17.8. The molecule has 4 N–H and O–H groups in total. The van der Waals surface area contributed by atoms with E-state index in [1.54, 1.807) is 36.5 Å². The largest absolute Gasteiger partial charge is 0.456 e. The van der Waals surface area contributed by atoms with Crippen LogP contribution in [0.25, 0.3) is 0 Å². The van der Waals surface area contributed by atoms with Crippen molar-refractivity contribution in [3.05, 3.63) is 58.0 Å². The lowest BCUT2D eigenvalue weighted by Gasteiger charge is -2.25. The average Bonchev–Trinajstić information content (AvgIpc) is 2.68. The van der Waals surface area contributed by atoms with Crippen LogP contribution in [0.15, 0.2) is 41.3 Å². The van der Waals surface area contributed by atoms with Crippen LogP contribution in [0.3, 0.4) is 0 Å². The highest BCUT2D eigenvalue weighted by atomic mass is 16.6. The number of benzene rings is 1. The molecule has 0 saturated heterocycles. The van der Waals surface area contributed by atoms with Crippen molar-refractivity contribution in [2.24, 2.45) is 0 Å². The number of rotatable bonds is 5. The number of H-pyrrole nitrogens is 1. The van der Waals surface area contributed by atoms with E-state index in [9.17, 15) is 9.59 Å². The lowest BCUT2D eigenvalue weighted by Crippen LogP contribution is -2.29. The summed E-state index contributed by atoms with van der Waals surface area (Å²) in [7, 11) is 0. The summed E-state index contributed by atoms with van der Waals surface area (Å²) in [4.78, 5) is 27.3. The molecule has 1 saturated carbocycles. The third-order valence-electron chi connectivity index (χ3n) is 4.96. The van der Waals surface area contributed by atoms with E-state index in [0.717, 1.165) is 12.8 Å². The molecule has 1 aromatic heterocycles. The van der Waals surface area contributed by atoms with Gasteiger partial charge in [-0.3, -0.25) is 10.2 Å². The van der Waals surface area contributed by atoms with Crippen molar-refractivity contribution in [3.63, 3.8) is 0 Å². The molecule has 0 aliphatic heterocycles. The minimum absolute atomic E-state index is 0.000164. The Hall–Kier alpha value is -3.09. The fourth-order valence-electron chi connectivity index (χ4n) is 3.55. The van der Waals surface area contributed by atoms with Gasteiger partial charge >= 0.3 is 5.97 Å². The van der Waals surface area contributed by atoms with Crippen molar-refractivity contribution in [3.8, 4) is 0 Å². The van der Waals surface area contributed by atoms with E-state index in [1.807, 2.05) is 20.8 Å². The zero-order chi connectivity index (χ0) is 21.7. The van der Waals surface area contributed by atoms with Gasteiger partial charge in [-0.15, -0.1) is 0 Å². The van der Waals surface area contributed by atoms with Gasteiger partial charge in [0.25, 0.3) is 5.56 Å². The summed E-state index contributed by atoms with van der Waals surface area (Å²) in [5, 5.41) is 14.9. The molecule has 160 valence electrons. The fourth-order valence-corrected chi connectivity index (χ4v) is 3.55. The maximum atomic E-state index is 12.5. The number of esters is 1. The molecular formula is C23H30N4O3. The van der Waals surface area contributed by atoms with Crippen LogP contribution in [0.5, 0.6) is 0 Å². The van der Waals surface area contributed by atoms with Crippen molar-refractivity contribution in [2.75, 3.05) is 10.6 Å². The smallest absolute Gasteiger partial charge is 0.338 e. The fraction of sp³-hybridized carbons (Fsp3) is 0.435. The standard InChI is InChI=1S/C23H30N4O3/c1-23(2,3)30-22(29)15-9-11-17(12-10-15)27-20(24)19-18(13-14-25-21(19)28)26-16-7-5-4-6-8-16/h9-14,16H,4-8H2,1-3H3,(H2,24,27)(H2,25,26,28). The number of pyridine rings is 1. The second-order valence-electron chi connectivity index (χ2n) is 8.65. The molecule has 7 heteroatoms. The number of ether oxygens (including phenoxy) is 1. The van der Waals surface area contributed by atoms with Gasteiger partial charge in [-0.1, -0.05) is 19.3 Å². The minimum atomic E-state index is -0.563.